The number of rotatable bonds is 3. The van der Waals surface area contributed by atoms with Gasteiger partial charge in [0, 0.05) is 11.1 Å². The lowest BCUT2D eigenvalue weighted by Crippen LogP contribution is -2.36. The van der Waals surface area contributed by atoms with Crippen molar-refractivity contribution in [3.8, 4) is 0 Å². The zero-order valence-corrected chi connectivity index (χ0v) is 11.9. The summed E-state index contributed by atoms with van der Waals surface area (Å²) in [7, 11) is 1.94. The van der Waals surface area contributed by atoms with Crippen LogP contribution in [0.2, 0.25) is 5.02 Å². The number of hydrogen-bond donors (Lipinski definition) is 1. The van der Waals surface area contributed by atoms with Gasteiger partial charge in [0.1, 0.15) is 5.82 Å². The van der Waals surface area contributed by atoms with Gasteiger partial charge in [-0.15, -0.1) is 0 Å². The molecule has 1 aliphatic rings. The molecule has 3 heteroatoms. The molecule has 18 heavy (non-hydrogen) atoms. The molecule has 1 aliphatic carbocycles. The molecule has 0 spiro atoms. The van der Waals surface area contributed by atoms with Crippen molar-refractivity contribution in [2.45, 2.75) is 45.1 Å². The third-order valence-electron chi connectivity index (χ3n) is 4.25. The van der Waals surface area contributed by atoms with Crippen LogP contribution in [0.1, 0.15) is 50.6 Å². The van der Waals surface area contributed by atoms with Crippen molar-refractivity contribution in [1.29, 1.82) is 0 Å². The number of benzene rings is 1. The van der Waals surface area contributed by atoms with Crippen molar-refractivity contribution in [2.75, 3.05) is 7.05 Å². The van der Waals surface area contributed by atoms with Gasteiger partial charge in [-0.1, -0.05) is 37.8 Å². The Morgan fingerprint density at radius 2 is 1.94 bits per heavy atom. The van der Waals surface area contributed by atoms with Crippen molar-refractivity contribution in [3.63, 3.8) is 0 Å². The minimum absolute atomic E-state index is 0.126. The van der Waals surface area contributed by atoms with Gasteiger partial charge in [0.2, 0.25) is 0 Å². The topological polar surface area (TPSA) is 12.0 Å². The van der Waals surface area contributed by atoms with Gasteiger partial charge in [0.05, 0.1) is 0 Å². The van der Waals surface area contributed by atoms with E-state index in [-0.39, 0.29) is 17.3 Å². The average Bonchev–Trinajstić information content (AvgIpc) is 2.35. The molecule has 0 saturated heterocycles. The van der Waals surface area contributed by atoms with E-state index in [1.807, 2.05) is 7.05 Å². The second kappa shape index (κ2) is 5.58. The molecule has 1 N–H and O–H groups in total. The van der Waals surface area contributed by atoms with E-state index in [2.05, 4.69) is 12.2 Å². The molecular formula is C15H21ClFN. The molecule has 0 aromatic heterocycles. The summed E-state index contributed by atoms with van der Waals surface area (Å²) in [6, 6.07) is 4.77. The second-order valence-corrected chi connectivity index (χ2v) is 6.01. The van der Waals surface area contributed by atoms with Crippen molar-refractivity contribution in [3.05, 3.63) is 34.6 Å². The van der Waals surface area contributed by atoms with E-state index >= 15 is 0 Å². The molecule has 2 rings (SSSR count). The molecule has 1 unspecified atom stereocenters. The molecule has 100 valence electrons. The van der Waals surface area contributed by atoms with Gasteiger partial charge in [0.25, 0.3) is 0 Å². The predicted octanol–water partition coefficient (Wildman–Crippen LogP) is 4.71. The van der Waals surface area contributed by atoms with Crippen LogP contribution in [0.15, 0.2) is 18.2 Å². The average molecular weight is 270 g/mol. The number of hydrogen-bond acceptors (Lipinski definition) is 1. The Hall–Kier alpha value is -0.600. The van der Waals surface area contributed by atoms with Gasteiger partial charge < -0.3 is 5.32 Å². The van der Waals surface area contributed by atoms with Crippen LogP contribution in [0.3, 0.4) is 0 Å². The molecule has 0 radical (unpaired) electrons. The maximum absolute atomic E-state index is 13.4. The molecule has 0 aliphatic heterocycles. The molecule has 1 saturated carbocycles. The standard InChI is InChI=1S/C15H21ClFN/c1-15(8-4-3-5-9-15)14(18-2)12-10-11(17)6-7-13(12)16/h6-7,10,14,18H,3-5,8-9H2,1-2H3. The highest BCUT2D eigenvalue weighted by Crippen LogP contribution is 2.46. The van der Waals surface area contributed by atoms with Crippen molar-refractivity contribution < 1.29 is 4.39 Å². The summed E-state index contributed by atoms with van der Waals surface area (Å²) in [4.78, 5) is 0. The molecule has 1 fully saturated rings. The van der Waals surface area contributed by atoms with Crippen molar-refractivity contribution in [1.82, 2.24) is 5.32 Å². The quantitative estimate of drug-likeness (QED) is 0.838. The summed E-state index contributed by atoms with van der Waals surface area (Å²) in [5.74, 6) is -0.214. The first-order valence-corrected chi connectivity index (χ1v) is 7.07. The van der Waals surface area contributed by atoms with Crippen LogP contribution in [-0.4, -0.2) is 7.05 Å². The summed E-state index contributed by atoms with van der Waals surface area (Å²) < 4.78 is 13.4. The van der Waals surface area contributed by atoms with E-state index in [9.17, 15) is 4.39 Å². The Labute approximate surface area is 114 Å². The summed E-state index contributed by atoms with van der Waals surface area (Å²) in [6.07, 6.45) is 6.16. The first kappa shape index (κ1) is 13.8. The van der Waals surface area contributed by atoms with E-state index in [0.29, 0.717) is 5.02 Å². The predicted molar refractivity (Wildman–Crippen MR) is 74.4 cm³/mol. The van der Waals surface area contributed by atoms with E-state index in [4.69, 9.17) is 11.6 Å². The Morgan fingerprint density at radius 1 is 1.28 bits per heavy atom. The van der Waals surface area contributed by atoms with Crippen LogP contribution >= 0.6 is 11.6 Å². The lowest BCUT2D eigenvalue weighted by Gasteiger charge is -2.41. The van der Waals surface area contributed by atoms with Crippen LogP contribution < -0.4 is 5.32 Å². The molecule has 1 aromatic rings. The SMILES string of the molecule is CNC(c1cc(F)ccc1Cl)C1(C)CCCCC1. The van der Waals surface area contributed by atoms with Gasteiger partial charge >= 0.3 is 0 Å². The van der Waals surface area contributed by atoms with Gasteiger partial charge in [-0.3, -0.25) is 0 Å². The normalized spacial score (nSPS) is 20.7. The molecule has 0 bridgehead atoms. The highest BCUT2D eigenvalue weighted by atomic mass is 35.5. The van der Waals surface area contributed by atoms with Crippen LogP contribution in [0, 0.1) is 11.2 Å². The summed E-state index contributed by atoms with van der Waals surface area (Å²) >= 11 is 6.24. The van der Waals surface area contributed by atoms with E-state index < -0.39 is 0 Å². The molecule has 1 aromatic carbocycles. The van der Waals surface area contributed by atoms with Crippen molar-refractivity contribution in [2.24, 2.45) is 5.41 Å². The highest BCUT2D eigenvalue weighted by Gasteiger charge is 2.36. The monoisotopic (exact) mass is 269 g/mol. The van der Waals surface area contributed by atoms with Gasteiger partial charge in [-0.25, -0.2) is 4.39 Å². The summed E-state index contributed by atoms with van der Waals surface area (Å²) in [5, 5.41) is 4.00. The third kappa shape index (κ3) is 2.70. The van der Waals surface area contributed by atoms with E-state index in [1.165, 1.54) is 38.2 Å². The Kier molecular flexibility index (Phi) is 4.29. The van der Waals surface area contributed by atoms with Gasteiger partial charge in [0.15, 0.2) is 0 Å². The first-order valence-electron chi connectivity index (χ1n) is 6.69. The van der Waals surface area contributed by atoms with Crippen LogP contribution in [-0.2, 0) is 0 Å². The smallest absolute Gasteiger partial charge is 0.123 e. The summed E-state index contributed by atoms with van der Waals surface area (Å²) in [6.45, 7) is 2.29. The van der Waals surface area contributed by atoms with Gasteiger partial charge in [-0.05, 0) is 49.1 Å². The van der Waals surface area contributed by atoms with Crippen molar-refractivity contribution >= 4 is 11.6 Å². The molecule has 1 nitrogen and oxygen atoms in total. The molecule has 1 atom stereocenters. The maximum Gasteiger partial charge on any atom is 0.123 e. The number of halogens is 2. The zero-order chi connectivity index (χ0) is 13.2. The minimum Gasteiger partial charge on any atom is -0.312 e. The zero-order valence-electron chi connectivity index (χ0n) is 11.1. The molecular weight excluding hydrogens is 249 g/mol. The van der Waals surface area contributed by atoms with E-state index in [0.717, 1.165) is 5.56 Å². The maximum atomic E-state index is 13.4. The summed E-state index contributed by atoms with van der Waals surface area (Å²) in [5.41, 5.74) is 1.06. The van der Waals surface area contributed by atoms with Crippen LogP contribution in [0.5, 0.6) is 0 Å². The van der Waals surface area contributed by atoms with Crippen LogP contribution in [0.4, 0.5) is 4.39 Å². The van der Waals surface area contributed by atoms with Crippen LogP contribution in [0.25, 0.3) is 0 Å². The number of nitrogens with one attached hydrogen (secondary N) is 1. The fraction of sp³-hybridized carbons (Fsp3) is 0.600. The minimum atomic E-state index is -0.214. The van der Waals surface area contributed by atoms with E-state index in [1.54, 1.807) is 12.1 Å². The third-order valence-corrected chi connectivity index (χ3v) is 4.59. The lowest BCUT2D eigenvalue weighted by molar-refractivity contribution is 0.150. The Balaban J connectivity index is 2.35. The highest BCUT2D eigenvalue weighted by molar-refractivity contribution is 6.31. The largest absolute Gasteiger partial charge is 0.312 e. The molecule has 0 heterocycles. The lowest BCUT2D eigenvalue weighted by atomic mass is 9.68. The fourth-order valence-electron chi connectivity index (χ4n) is 3.26. The fourth-order valence-corrected chi connectivity index (χ4v) is 3.49. The Morgan fingerprint density at radius 3 is 2.56 bits per heavy atom. The molecule has 0 amide bonds. The second-order valence-electron chi connectivity index (χ2n) is 5.60. The van der Waals surface area contributed by atoms with Gasteiger partial charge in [-0.2, -0.15) is 0 Å². The Bertz CT molecular complexity index is 413. The first-order chi connectivity index (χ1) is 8.57.